The Kier molecular flexibility index (Phi) is 2.26. The second-order valence-corrected chi connectivity index (χ2v) is 4.23. The van der Waals surface area contributed by atoms with Crippen LogP contribution in [-0.2, 0) is 0 Å². The maximum absolute atomic E-state index is 2.34. The summed E-state index contributed by atoms with van der Waals surface area (Å²) in [5.74, 6) is 1.25. The summed E-state index contributed by atoms with van der Waals surface area (Å²) in [6.07, 6.45) is 1.29. The van der Waals surface area contributed by atoms with E-state index in [0.717, 1.165) is 0 Å². The first-order chi connectivity index (χ1) is 5.88. The van der Waals surface area contributed by atoms with Crippen molar-refractivity contribution in [3.63, 3.8) is 0 Å². The van der Waals surface area contributed by atoms with Crippen molar-refractivity contribution in [3.8, 4) is 0 Å². The molecule has 1 aromatic rings. The fraction of sp³-hybridized carbons (Fsp3) is 0.400. The van der Waals surface area contributed by atoms with Gasteiger partial charge in [-0.15, -0.1) is 11.8 Å². The number of nitrogens with zero attached hydrogens (tertiary/aromatic N) is 1. The summed E-state index contributed by atoms with van der Waals surface area (Å²) in [4.78, 5) is 3.77. The number of rotatable bonds is 0. The number of hydrogen-bond donors (Lipinski definition) is 0. The molecule has 1 heterocycles. The molecule has 0 aliphatic carbocycles. The van der Waals surface area contributed by atoms with Crippen molar-refractivity contribution in [2.75, 3.05) is 24.2 Å². The smallest absolute Gasteiger partial charge is 0.0501 e. The van der Waals surface area contributed by atoms with Crippen LogP contribution in [0.1, 0.15) is 6.42 Å². The quantitative estimate of drug-likeness (QED) is 0.602. The number of para-hydroxylation sites is 1. The highest BCUT2D eigenvalue weighted by atomic mass is 32.2. The maximum Gasteiger partial charge on any atom is 0.0501 e. The van der Waals surface area contributed by atoms with Crippen LogP contribution in [0.5, 0.6) is 0 Å². The highest BCUT2D eigenvalue weighted by Crippen LogP contribution is 2.32. The zero-order valence-electron chi connectivity index (χ0n) is 7.29. The zero-order valence-corrected chi connectivity index (χ0v) is 8.10. The lowest BCUT2D eigenvalue weighted by molar-refractivity contribution is 0.862. The van der Waals surface area contributed by atoms with Crippen LogP contribution in [0.15, 0.2) is 29.2 Å². The van der Waals surface area contributed by atoms with Gasteiger partial charge >= 0.3 is 0 Å². The van der Waals surface area contributed by atoms with Gasteiger partial charge < -0.3 is 4.90 Å². The van der Waals surface area contributed by atoms with E-state index < -0.39 is 0 Å². The van der Waals surface area contributed by atoms with Gasteiger partial charge in [0.15, 0.2) is 0 Å². The summed E-state index contributed by atoms with van der Waals surface area (Å²) in [6.45, 7) is 1.18. The average Bonchev–Trinajstić information content (AvgIpc) is 2.29. The van der Waals surface area contributed by atoms with Crippen molar-refractivity contribution in [1.29, 1.82) is 0 Å². The predicted octanol–water partition coefficient (Wildman–Crippen LogP) is 2.62. The Bertz CT molecular complexity index is 272. The molecule has 2 heteroatoms. The topological polar surface area (TPSA) is 3.24 Å². The van der Waals surface area contributed by atoms with E-state index in [1.54, 1.807) is 0 Å². The molecule has 0 spiro atoms. The third kappa shape index (κ3) is 1.44. The first kappa shape index (κ1) is 7.99. The second kappa shape index (κ2) is 3.40. The normalized spacial score (nSPS) is 16.9. The molecule has 0 N–H and O–H groups in total. The second-order valence-electron chi connectivity index (χ2n) is 3.09. The molecule has 0 unspecified atom stereocenters. The van der Waals surface area contributed by atoms with E-state index in [0.29, 0.717) is 0 Å². The van der Waals surface area contributed by atoms with Gasteiger partial charge in [0.05, 0.1) is 5.69 Å². The molecule has 0 bridgehead atoms. The van der Waals surface area contributed by atoms with Gasteiger partial charge in [0.2, 0.25) is 0 Å². The minimum atomic E-state index is 1.18. The van der Waals surface area contributed by atoms with Crippen LogP contribution in [0.4, 0.5) is 5.69 Å². The number of fused-ring (bicyclic) bond motifs is 1. The highest BCUT2D eigenvalue weighted by Gasteiger charge is 2.10. The first-order valence-electron chi connectivity index (χ1n) is 4.31. The van der Waals surface area contributed by atoms with Crippen molar-refractivity contribution in [3.05, 3.63) is 24.3 Å². The molecule has 1 aliphatic heterocycles. The van der Waals surface area contributed by atoms with E-state index in [9.17, 15) is 0 Å². The molecule has 0 amide bonds. The predicted molar refractivity (Wildman–Crippen MR) is 55.1 cm³/mol. The Morgan fingerprint density at radius 3 is 3.08 bits per heavy atom. The Balaban J connectivity index is 2.39. The highest BCUT2D eigenvalue weighted by molar-refractivity contribution is 7.99. The third-order valence-corrected chi connectivity index (χ3v) is 3.32. The van der Waals surface area contributed by atoms with Crippen molar-refractivity contribution >= 4 is 17.4 Å². The largest absolute Gasteiger partial charge is 0.374 e. The van der Waals surface area contributed by atoms with E-state index >= 15 is 0 Å². The molecule has 0 saturated heterocycles. The molecule has 2 rings (SSSR count). The molecule has 0 saturated carbocycles. The van der Waals surface area contributed by atoms with Crippen LogP contribution in [0.3, 0.4) is 0 Å². The van der Waals surface area contributed by atoms with Gasteiger partial charge in [-0.05, 0) is 24.3 Å². The van der Waals surface area contributed by atoms with Crippen LogP contribution >= 0.6 is 11.8 Å². The fourth-order valence-corrected chi connectivity index (χ4v) is 2.54. The molecular weight excluding hydrogens is 166 g/mol. The van der Waals surface area contributed by atoms with Crippen LogP contribution in [0, 0.1) is 0 Å². The molecule has 0 fully saturated rings. The summed E-state index contributed by atoms with van der Waals surface area (Å²) in [7, 11) is 2.17. The standard InChI is InChI=1S/C10H13NS/c1-11-7-4-8-12-10-6-3-2-5-9(10)11/h2-3,5-6H,4,7-8H2,1H3. The van der Waals surface area contributed by atoms with Crippen molar-refractivity contribution < 1.29 is 0 Å². The minimum Gasteiger partial charge on any atom is -0.374 e. The van der Waals surface area contributed by atoms with Crippen molar-refractivity contribution in [2.24, 2.45) is 0 Å². The lowest BCUT2D eigenvalue weighted by Crippen LogP contribution is -2.17. The summed E-state index contributed by atoms with van der Waals surface area (Å²) in [5.41, 5.74) is 1.39. The molecule has 12 heavy (non-hydrogen) atoms. The summed E-state index contributed by atoms with van der Waals surface area (Å²) < 4.78 is 0. The van der Waals surface area contributed by atoms with E-state index in [-0.39, 0.29) is 0 Å². The van der Waals surface area contributed by atoms with Gasteiger partial charge in [0, 0.05) is 18.5 Å². The summed E-state index contributed by atoms with van der Waals surface area (Å²) in [6, 6.07) is 8.64. The number of benzene rings is 1. The van der Waals surface area contributed by atoms with E-state index in [1.807, 2.05) is 11.8 Å². The lowest BCUT2D eigenvalue weighted by Gasteiger charge is -2.17. The Labute approximate surface area is 77.8 Å². The lowest BCUT2D eigenvalue weighted by atomic mass is 10.3. The van der Waals surface area contributed by atoms with Gasteiger partial charge in [-0.3, -0.25) is 0 Å². The van der Waals surface area contributed by atoms with Crippen molar-refractivity contribution in [1.82, 2.24) is 0 Å². The van der Waals surface area contributed by atoms with Gasteiger partial charge in [-0.1, -0.05) is 12.1 Å². The monoisotopic (exact) mass is 179 g/mol. The Morgan fingerprint density at radius 2 is 2.17 bits per heavy atom. The van der Waals surface area contributed by atoms with Crippen LogP contribution in [0.2, 0.25) is 0 Å². The fourth-order valence-electron chi connectivity index (χ4n) is 1.50. The molecule has 0 atom stereocenters. The maximum atomic E-state index is 2.34. The summed E-state index contributed by atoms with van der Waals surface area (Å²) in [5, 5.41) is 0. The molecule has 1 aromatic carbocycles. The Hall–Kier alpha value is -0.630. The van der Waals surface area contributed by atoms with Gasteiger partial charge in [0.1, 0.15) is 0 Å². The molecule has 0 radical (unpaired) electrons. The molecule has 64 valence electrons. The summed E-state index contributed by atoms with van der Waals surface area (Å²) >= 11 is 1.97. The Morgan fingerprint density at radius 1 is 1.33 bits per heavy atom. The number of hydrogen-bond acceptors (Lipinski definition) is 2. The SMILES string of the molecule is CN1CCCSc2ccccc21. The van der Waals surface area contributed by atoms with Gasteiger partial charge in [-0.2, -0.15) is 0 Å². The van der Waals surface area contributed by atoms with Crippen LogP contribution < -0.4 is 4.90 Å². The minimum absolute atomic E-state index is 1.18. The molecule has 1 nitrogen and oxygen atoms in total. The molecule has 0 aromatic heterocycles. The van der Waals surface area contributed by atoms with Crippen LogP contribution in [-0.4, -0.2) is 19.3 Å². The van der Waals surface area contributed by atoms with Crippen molar-refractivity contribution in [2.45, 2.75) is 11.3 Å². The van der Waals surface area contributed by atoms with E-state index in [1.165, 1.54) is 29.3 Å². The molecule has 1 aliphatic rings. The molecular formula is C10H13NS. The van der Waals surface area contributed by atoms with Gasteiger partial charge in [-0.25, -0.2) is 0 Å². The van der Waals surface area contributed by atoms with E-state index in [2.05, 4.69) is 36.2 Å². The van der Waals surface area contributed by atoms with Crippen LogP contribution in [0.25, 0.3) is 0 Å². The zero-order chi connectivity index (χ0) is 8.39. The third-order valence-electron chi connectivity index (χ3n) is 2.17. The number of anilines is 1. The number of thioether (sulfide) groups is 1. The average molecular weight is 179 g/mol. The van der Waals surface area contributed by atoms with E-state index in [4.69, 9.17) is 0 Å². The van der Waals surface area contributed by atoms with Gasteiger partial charge in [0.25, 0.3) is 0 Å². The first-order valence-corrected chi connectivity index (χ1v) is 5.29.